The molecule has 0 saturated carbocycles. The normalized spacial score (nSPS) is 16.5. The molecule has 4 aliphatic rings. The number of nitrogens with zero attached hydrogens (tertiary/aromatic N) is 11. The summed E-state index contributed by atoms with van der Waals surface area (Å²) >= 11 is 0. The molecule has 328 valence electrons. The number of anilines is 5. The van der Waals surface area contributed by atoms with Crippen molar-refractivity contribution in [2.45, 2.75) is 58.0 Å². The van der Waals surface area contributed by atoms with Crippen molar-refractivity contribution in [1.82, 2.24) is 39.9 Å². The summed E-state index contributed by atoms with van der Waals surface area (Å²) in [4.78, 5) is 65.3. The zero-order valence-corrected chi connectivity index (χ0v) is 36.3. The Balaban J connectivity index is 0.000000130. The van der Waals surface area contributed by atoms with E-state index in [0.29, 0.717) is 29.1 Å². The number of carbonyl (C=O) groups is 2. The van der Waals surface area contributed by atoms with E-state index in [2.05, 4.69) is 74.6 Å². The van der Waals surface area contributed by atoms with Crippen LogP contribution in [-0.4, -0.2) is 90.1 Å². The predicted octanol–water partition coefficient (Wildman–Crippen LogP) is 7.73. The van der Waals surface area contributed by atoms with Crippen molar-refractivity contribution in [2.24, 2.45) is 0 Å². The molecule has 2 amide bonds. The van der Waals surface area contributed by atoms with Gasteiger partial charge in [0, 0.05) is 79.5 Å². The van der Waals surface area contributed by atoms with Crippen LogP contribution in [0.3, 0.4) is 0 Å². The number of ether oxygens (including phenoxy) is 1. The van der Waals surface area contributed by atoms with Crippen molar-refractivity contribution in [3.63, 3.8) is 0 Å². The first-order valence-electron chi connectivity index (χ1n) is 21.8. The number of aryl methyl sites for hydroxylation is 2. The number of piperidine rings is 2. The van der Waals surface area contributed by atoms with Gasteiger partial charge in [-0.2, -0.15) is 0 Å². The number of urea groups is 1. The zero-order chi connectivity index (χ0) is 44.5. The highest BCUT2D eigenvalue weighted by molar-refractivity contribution is 6.04. The third kappa shape index (κ3) is 10.3. The Morgan fingerprint density at radius 2 is 1.38 bits per heavy atom. The number of pyridine rings is 4. The molecule has 4 aliphatic heterocycles. The minimum atomic E-state index is -0.329. The lowest BCUT2D eigenvalue weighted by atomic mass is 9.99. The molecule has 1 aromatic carbocycles. The van der Waals surface area contributed by atoms with Gasteiger partial charge in [0.1, 0.15) is 24.2 Å². The van der Waals surface area contributed by atoms with Crippen molar-refractivity contribution >= 4 is 40.8 Å². The molecule has 0 radical (unpaired) electrons. The smallest absolute Gasteiger partial charge is 0.329 e. The number of aromatic nitrogens is 8. The van der Waals surface area contributed by atoms with Crippen LogP contribution in [0.4, 0.5) is 33.6 Å². The van der Waals surface area contributed by atoms with E-state index in [0.717, 1.165) is 84.4 Å². The summed E-state index contributed by atoms with van der Waals surface area (Å²) in [5.41, 5.74) is 8.81. The first-order chi connectivity index (χ1) is 31.8. The Hall–Kier alpha value is -7.88. The number of amides is 2. The van der Waals surface area contributed by atoms with Gasteiger partial charge in [-0.05, 0) is 112 Å². The van der Waals surface area contributed by atoms with Gasteiger partial charge in [0.15, 0.2) is 11.6 Å². The van der Waals surface area contributed by atoms with E-state index in [-0.39, 0.29) is 24.5 Å². The van der Waals surface area contributed by atoms with Gasteiger partial charge in [0.25, 0.3) is 0 Å². The topological polar surface area (TPSA) is 180 Å². The molecule has 2 fully saturated rings. The second-order valence-electron chi connectivity index (χ2n) is 16.2. The third-order valence-corrected chi connectivity index (χ3v) is 11.5. The third-order valence-electron chi connectivity index (χ3n) is 11.5. The Bertz CT molecular complexity index is 2700. The molecule has 11 rings (SSSR count). The van der Waals surface area contributed by atoms with Crippen molar-refractivity contribution in [3.05, 3.63) is 146 Å². The fraction of sp³-hybridized carbons (Fsp3) is 0.265. The van der Waals surface area contributed by atoms with Gasteiger partial charge < -0.3 is 19.9 Å². The lowest BCUT2D eigenvalue weighted by molar-refractivity contribution is -0.133. The Morgan fingerprint density at radius 3 is 2.08 bits per heavy atom. The molecule has 16 heteroatoms. The highest BCUT2D eigenvalue weighted by Gasteiger charge is 2.38. The summed E-state index contributed by atoms with van der Waals surface area (Å²) in [5, 5.41) is 6.48. The molecule has 0 aliphatic carbocycles. The van der Waals surface area contributed by atoms with Gasteiger partial charge >= 0.3 is 12.0 Å². The SMILES string of the molecule is Cc1cc(-c2ccc3c(n2)N(C(=O)Nc2ccncn2)[C@H]2CCCN3C2)ccn1.Cc1cc(-c2ccc3c(n2)N[C@H]2CCCN3C2)ccn1.O=C(Cc1ccncn1)Oc1ccccc1. The number of para-hydroxylation sites is 1. The maximum atomic E-state index is 13.2. The minimum Gasteiger partial charge on any atom is -0.426 e. The number of esters is 1. The predicted molar refractivity (Wildman–Crippen MR) is 250 cm³/mol. The average Bonchev–Trinajstić information content (AvgIpc) is 3.33. The number of hydrogen-bond acceptors (Lipinski definition) is 14. The van der Waals surface area contributed by atoms with Crippen LogP contribution in [0.5, 0.6) is 5.75 Å². The number of rotatable bonds is 6. The molecule has 10 heterocycles. The summed E-state index contributed by atoms with van der Waals surface area (Å²) in [7, 11) is 0. The first-order valence-corrected chi connectivity index (χ1v) is 21.8. The van der Waals surface area contributed by atoms with Crippen LogP contribution in [-0.2, 0) is 11.2 Å². The van der Waals surface area contributed by atoms with E-state index in [9.17, 15) is 9.59 Å². The monoisotopic (exact) mass is 867 g/mol. The maximum absolute atomic E-state index is 13.2. The molecule has 0 unspecified atom stereocenters. The van der Waals surface area contributed by atoms with Crippen molar-refractivity contribution < 1.29 is 14.3 Å². The lowest BCUT2D eigenvalue weighted by Crippen LogP contribution is -2.56. The van der Waals surface area contributed by atoms with Crippen molar-refractivity contribution in [2.75, 3.05) is 51.5 Å². The zero-order valence-electron chi connectivity index (χ0n) is 36.3. The summed E-state index contributed by atoms with van der Waals surface area (Å²) in [6, 6.07) is 29.2. The van der Waals surface area contributed by atoms with Crippen LogP contribution in [0.1, 0.15) is 42.8 Å². The summed E-state index contributed by atoms with van der Waals surface area (Å²) in [5.74, 6) is 2.42. The quantitative estimate of drug-likeness (QED) is 0.122. The lowest BCUT2D eigenvalue weighted by Gasteiger charge is -2.45. The molecule has 65 heavy (non-hydrogen) atoms. The van der Waals surface area contributed by atoms with Crippen LogP contribution in [0.25, 0.3) is 22.5 Å². The first kappa shape index (κ1) is 42.4. The van der Waals surface area contributed by atoms with Gasteiger partial charge in [0.05, 0.1) is 40.9 Å². The van der Waals surface area contributed by atoms with Gasteiger partial charge in [0.2, 0.25) is 0 Å². The van der Waals surface area contributed by atoms with E-state index in [4.69, 9.17) is 14.7 Å². The molecule has 7 aromatic rings. The van der Waals surface area contributed by atoms with E-state index in [1.807, 2.05) is 62.5 Å². The largest absolute Gasteiger partial charge is 0.426 e. The molecule has 16 nitrogen and oxygen atoms in total. The number of carbonyl (C=O) groups excluding carboxylic acids is 2. The Kier molecular flexibility index (Phi) is 12.8. The second-order valence-corrected chi connectivity index (χ2v) is 16.2. The molecular formula is C49H49N13O3. The minimum absolute atomic E-state index is 0.0833. The second kappa shape index (κ2) is 19.7. The fourth-order valence-corrected chi connectivity index (χ4v) is 8.50. The highest BCUT2D eigenvalue weighted by Crippen LogP contribution is 2.40. The van der Waals surface area contributed by atoms with Crippen LogP contribution in [0, 0.1) is 13.8 Å². The molecule has 6 aromatic heterocycles. The summed E-state index contributed by atoms with van der Waals surface area (Å²) in [6.45, 7) is 8.04. The highest BCUT2D eigenvalue weighted by atomic mass is 16.5. The molecule has 2 saturated heterocycles. The number of benzene rings is 1. The Labute approximate surface area is 377 Å². The van der Waals surface area contributed by atoms with Crippen molar-refractivity contribution in [3.8, 4) is 28.3 Å². The standard InChI is InChI=1S/C21H21N7O.C16H18N4.C12H10N2O2/c1-14-11-15(6-9-23-14)17-4-5-18-20(25-17)28(16-3-2-10-27(18)12-16)21(29)26-19-7-8-22-13-24-19;1-11-9-12(6-7-17-11)14-4-5-15-16(19-14)18-13-3-2-8-20(15)10-13;15-12(8-10-6-7-13-9-14-10)16-11-4-2-1-3-5-11/h4-9,11,13,16H,2-3,10,12H2,1H3,(H,22,24,26,29);4-7,9,13H,2-3,8,10H2,1H3,(H,18,19);1-7,9H,8H2/t16-;13-;/m00./s1. The number of nitrogens with one attached hydrogen (secondary N) is 2. The van der Waals surface area contributed by atoms with Gasteiger partial charge in [-0.1, -0.05) is 18.2 Å². The molecule has 2 N–H and O–H groups in total. The Morgan fingerprint density at radius 1 is 0.708 bits per heavy atom. The van der Waals surface area contributed by atoms with Crippen LogP contribution < -0.4 is 30.1 Å². The van der Waals surface area contributed by atoms with Gasteiger partial charge in [-0.25, -0.2) is 34.7 Å². The van der Waals surface area contributed by atoms with E-state index < -0.39 is 0 Å². The summed E-state index contributed by atoms with van der Waals surface area (Å²) in [6.07, 6.45) is 14.3. The van der Waals surface area contributed by atoms with Crippen molar-refractivity contribution in [1.29, 1.82) is 0 Å². The van der Waals surface area contributed by atoms with Gasteiger partial charge in [-0.15, -0.1) is 0 Å². The molecule has 2 atom stereocenters. The fourth-order valence-electron chi connectivity index (χ4n) is 8.50. The van der Waals surface area contributed by atoms with Crippen LogP contribution >= 0.6 is 0 Å². The summed E-state index contributed by atoms with van der Waals surface area (Å²) < 4.78 is 5.12. The molecule has 0 spiro atoms. The average molecular weight is 868 g/mol. The number of fused-ring (bicyclic) bond motifs is 8. The van der Waals surface area contributed by atoms with E-state index in [1.54, 1.807) is 47.8 Å². The van der Waals surface area contributed by atoms with E-state index >= 15 is 0 Å². The molecule has 4 bridgehead atoms. The van der Waals surface area contributed by atoms with Crippen LogP contribution in [0.15, 0.2) is 128 Å². The van der Waals surface area contributed by atoms with E-state index in [1.165, 1.54) is 31.2 Å². The van der Waals surface area contributed by atoms with Crippen LogP contribution in [0.2, 0.25) is 0 Å². The number of hydrogen-bond donors (Lipinski definition) is 2. The van der Waals surface area contributed by atoms with Gasteiger partial charge in [-0.3, -0.25) is 25.0 Å². The molecular weight excluding hydrogens is 819 g/mol. The maximum Gasteiger partial charge on any atom is 0.329 e.